The summed E-state index contributed by atoms with van der Waals surface area (Å²) in [6.45, 7) is 2.75. The summed E-state index contributed by atoms with van der Waals surface area (Å²) in [5.41, 5.74) is 0.840. The Labute approximate surface area is 72.6 Å². The van der Waals surface area contributed by atoms with Gasteiger partial charge in [0, 0.05) is 18.6 Å². The van der Waals surface area contributed by atoms with Crippen molar-refractivity contribution < 1.29 is 9.47 Å². The lowest BCUT2D eigenvalue weighted by molar-refractivity contribution is -0.176. The molecule has 1 saturated carbocycles. The molecule has 1 saturated heterocycles. The Kier molecular flexibility index (Phi) is 1.93. The highest BCUT2D eigenvalue weighted by molar-refractivity contribution is 5.82. The van der Waals surface area contributed by atoms with E-state index in [2.05, 4.69) is 0 Å². The van der Waals surface area contributed by atoms with Crippen LogP contribution in [0.1, 0.15) is 32.6 Å². The zero-order chi connectivity index (χ0) is 8.60. The Morgan fingerprint density at radius 1 is 1.42 bits per heavy atom. The van der Waals surface area contributed by atoms with Gasteiger partial charge in [0.15, 0.2) is 5.79 Å². The lowest BCUT2D eigenvalue weighted by Crippen LogP contribution is -2.35. The lowest BCUT2D eigenvalue weighted by Gasteiger charge is -2.31. The molecule has 1 unspecified atom stereocenters. The highest BCUT2D eigenvalue weighted by Gasteiger charge is 2.41. The minimum absolute atomic E-state index is 0.234. The Morgan fingerprint density at radius 3 is 2.58 bits per heavy atom. The average Bonchev–Trinajstić information content (AvgIpc) is 2.40. The molecule has 1 aliphatic heterocycles. The first kappa shape index (κ1) is 8.20. The van der Waals surface area contributed by atoms with Gasteiger partial charge in [0.2, 0.25) is 0 Å². The van der Waals surface area contributed by atoms with E-state index in [9.17, 15) is 0 Å². The van der Waals surface area contributed by atoms with Crippen molar-refractivity contribution in [3.63, 3.8) is 0 Å². The minimum atomic E-state index is -0.316. The van der Waals surface area contributed by atoms with Crippen LogP contribution in [-0.2, 0) is 9.47 Å². The van der Waals surface area contributed by atoms with E-state index >= 15 is 0 Å². The fourth-order valence-corrected chi connectivity index (χ4v) is 1.90. The van der Waals surface area contributed by atoms with Crippen molar-refractivity contribution >= 4 is 5.71 Å². The van der Waals surface area contributed by atoms with Gasteiger partial charge in [0.25, 0.3) is 0 Å². The zero-order valence-electron chi connectivity index (χ0n) is 7.43. The molecule has 0 radical (unpaired) electrons. The standard InChI is InChI=1S/C9H15NO2/c1-7-6-11-9(12-7)4-2-8(10)3-5-9/h7,10H,2-6H2,1H3. The van der Waals surface area contributed by atoms with Crippen LogP contribution in [0.2, 0.25) is 0 Å². The van der Waals surface area contributed by atoms with Crippen molar-refractivity contribution in [1.82, 2.24) is 0 Å². The van der Waals surface area contributed by atoms with E-state index < -0.39 is 0 Å². The van der Waals surface area contributed by atoms with Gasteiger partial charge >= 0.3 is 0 Å². The van der Waals surface area contributed by atoms with Crippen molar-refractivity contribution in [3.05, 3.63) is 0 Å². The summed E-state index contributed by atoms with van der Waals surface area (Å²) in [5.74, 6) is -0.316. The van der Waals surface area contributed by atoms with Crippen molar-refractivity contribution in [3.8, 4) is 0 Å². The molecule has 2 rings (SSSR count). The molecule has 1 atom stereocenters. The monoisotopic (exact) mass is 169 g/mol. The normalized spacial score (nSPS) is 42.4. The molecule has 0 bridgehead atoms. The number of hydrogen-bond donors (Lipinski definition) is 1. The molecule has 3 heteroatoms. The molecule has 0 aromatic carbocycles. The van der Waals surface area contributed by atoms with Crippen LogP contribution in [0.5, 0.6) is 0 Å². The van der Waals surface area contributed by atoms with Crippen molar-refractivity contribution in [1.29, 1.82) is 5.41 Å². The van der Waals surface area contributed by atoms with E-state index in [4.69, 9.17) is 14.9 Å². The van der Waals surface area contributed by atoms with Gasteiger partial charge < -0.3 is 14.9 Å². The van der Waals surface area contributed by atoms with Crippen LogP contribution in [0.15, 0.2) is 0 Å². The second kappa shape index (κ2) is 2.82. The summed E-state index contributed by atoms with van der Waals surface area (Å²) in [7, 11) is 0. The summed E-state index contributed by atoms with van der Waals surface area (Å²) >= 11 is 0. The molecular formula is C9H15NO2. The van der Waals surface area contributed by atoms with E-state index in [1.165, 1.54) is 0 Å². The molecule has 2 fully saturated rings. The SMILES string of the molecule is CC1COC2(CCC(=N)CC2)O1. The molecule has 1 spiro atoms. The van der Waals surface area contributed by atoms with Crippen LogP contribution in [0.4, 0.5) is 0 Å². The van der Waals surface area contributed by atoms with Gasteiger partial charge in [0.1, 0.15) is 0 Å². The molecule has 3 nitrogen and oxygen atoms in total. The number of nitrogens with one attached hydrogen (secondary N) is 1. The first-order valence-corrected chi connectivity index (χ1v) is 4.58. The Morgan fingerprint density at radius 2 is 2.08 bits per heavy atom. The van der Waals surface area contributed by atoms with Gasteiger partial charge in [0.05, 0.1) is 12.7 Å². The van der Waals surface area contributed by atoms with Crippen molar-refractivity contribution in [2.24, 2.45) is 0 Å². The molecule has 1 N–H and O–H groups in total. The summed E-state index contributed by atoms with van der Waals surface area (Å²) in [6.07, 6.45) is 3.66. The van der Waals surface area contributed by atoms with Gasteiger partial charge in [-0.05, 0) is 19.8 Å². The predicted molar refractivity (Wildman–Crippen MR) is 45.4 cm³/mol. The van der Waals surface area contributed by atoms with E-state index in [1.54, 1.807) is 0 Å². The van der Waals surface area contributed by atoms with Gasteiger partial charge in [-0.3, -0.25) is 0 Å². The average molecular weight is 169 g/mol. The van der Waals surface area contributed by atoms with E-state index in [-0.39, 0.29) is 11.9 Å². The summed E-state index contributed by atoms with van der Waals surface area (Å²) in [5, 5.41) is 7.48. The minimum Gasteiger partial charge on any atom is -0.347 e. The highest BCUT2D eigenvalue weighted by atomic mass is 16.7. The van der Waals surface area contributed by atoms with Crippen LogP contribution in [0.3, 0.4) is 0 Å². The van der Waals surface area contributed by atoms with Crippen LogP contribution in [0, 0.1) is 5.41 Å². The van der Waals surface area contributed by atoms with Crippen molar-refractivity contribution in [2.75, 3.05) is 6.61 Å². The third-order valence-electron chi connectivity index (χ3n) is 2.61. The molecule has 0 aromatic heterocycles. The van der Waals surface area contributed by atoms with Crippen LogP contribution in [-0.4, -0.2) is 24.2 Å². The summed E-state index contributed by atoms with van der Waals surface area (Å²) in [4.78, 5) is 0. The molecule has 1 aliphatic carbocycles. The summed E-state index contributed by atoms with van der Waals surface area (Å²) in [6, 6.07) is 0. The maximum absolute atomic E-state index is 7.48. The molecule has 68 valence electrons. The highest BCUT2D eigenvalue weighted by Crippen LogP contribution is 2.36. The Hall–Kier alpha value is -0.410. The number of rotatable bonds is 0. The predicted octanol–water partition coefficient (Wildman–Crippen LogP) is 1.71. The second-order valence-corrected chi connectivity index (χ2v) is 3.75. The van der Waals surface area contributed by atoms with Gasteiger partial charge in [-0.1, -0.05) is 0 Å². The van der Waals surface area contributed by atoms with Crippen LogP contribution < -0.4 is 0 Å². The molecule has 0 amide bonds. The molecule has 12 heavy (non-hydrogen) atoms. The smallest absolute Gasteiger partial charge is 0.169 e. The number of ether oxygens (including phenoxy) is 2. The third kappa shape index (κ3) is 1.39. The Balaban J connectivity index is 1.99. The van der Waals surface area contributed by atoms with E-state index in [1.807, 2.05) is 6.92 Å². The molecule has 0 aromatic rings. The van der Waals surface area contributed by atoms with Gasteiger partial charge in [-0.15, -0.1) is 0 Å². The maximum Gasteiger partial charge on any atom is 0.169 e. The zero-order valence-corrected chi connectivity index (χ0v) is 7.43. The molecular weight excluding hydrogens is 154 g/mol. The van der Waals surface area contributed by atoms with Gasteiger partial charge in [-0.25, -0.2) is 0 Å². The second-order valence-electron chi connectivity index (χ2n) is 3.75. The first-order valence-electron chi connectivity index (χ1n) is 4.58. The largest absolute Gasteiger partial charge is 0.347 e. The molecule has 2 aliphatic rings. The molecule has 1 heterocycles. The lowest BCUT2D eigenvalue weighted by atomic mass is 9.93. The maximum atomic E-state index is 7.48. The first-order chi connectivity index (χ1) is 5.70. The van der Waals surface area contributed by atoms with Crippen LogP contribution >= 0.6 is 0 Å². The van der Waals surface area contributed by atoms with Crippen LogP contribution in [0.25, 0.3) is 0 Å². The van der Waals surface area contributed by atoms with E-state index in [0.717, 1.165) is 31.4 Å². The topological polar surface area (TPSA) is 42.3 Å². The van der Waals surface area contributed by atoms with Crippen molar-refractivity contribution in [2.45, 2.75) is 44.5 Å². The fourth-order valence-electron chi connectivity index (χ4n) is 1.90. The van der Waals surface area contributed by atoms with E-state index in [0.29, 0.717) is 6.61 Å². The number of hydrogen-bond acceptors (Lipinski definition) is 3. The summed E-state index contributed by atoms with van der Waals surface area (Å²) < 4.78 is 11.3. The third-order valence-corrected chi connectivity index (χ3v) is 2.61. The van der Waals surface area contributed by atoms with Gasteiger partial charge in [-0.2, -0.15) is 0 Å². The quantitative estimate of drug-likeness (QED) is 0.599. The fraction of sp³-hybridized carbons (Fsp3) is 0.889. The Bertz CT molecular complexity index is 193.